The van der Waals surface area contributed by atoms with Crippen molar-refractivity contribution in [1.29, 1.82) is 5.26 Å². The maximum Gasteiger partial charge on any atom is 0.135 e. The third-order valence-electron chi connectivity index (χ3n) is 2.59. The quantitative estimate of drug-likeness (QED) is 0.836. The minimum absolute atomic E-state index is 0.256. The Kier molecular flexibility index (Phi) is 3.68. The molecule has 0 aliphatic carbocycles. The number of halogens is 2. The molecule has 0 aliphatic heterocycles. The van der Waals surface area contributed by atoms with Crippen LogP contribution in [0.25, 0.3) is 11.3 Å². The molecule has 0 aliphatic rings. The van der Waals surface area contributed by atoms with Crippen LogP contribution in [-0.2, 0) is 0 Å². The summed E-state index contributed by atoms with van der Waals surface area (Å²) in [6.45, 7) is 1.90. The first kappa shape index (κ1) is 12.7. The van der Waals surface area contributed by atoms with E-state index in [4.69, 9.17) is 5.26 Å². The molecule has 0 radical (unpaired) electrons. The molecule has 1 aromatic heterocycles. The number of nitrogens with zero attached hydrogens (tertiary/aromatic N) is 2. The zero-order chi connectivity index (χ0) is 13.1. The molecule has 0 fully saturated rings. The summed E-state index contributed by atoms with van der Waals surface area (Å²) >= 11 is 1.32. The SMILES string of the molecule is CCC(C#N)c1nc(-c2ccc(F)cc2F)cs1. The molecule has 0 N–H and O–H groups in total. The van der Waals surface area contributed by atoms with Gasteiger partial charge in [0.25, 0.3) is 0 Å². The standard InChI is InChI=1S/C13H10F2N2S/c1-2-8(6-16)13-17-12(7-18-13)10-4-3-9(14)5-11(10)15/h3-5,7-8H,2H2,1H3. The Morgan fingerprint density at radius 3 is 2.83 bits per heavy atom. The molecule has 2 rings (SSSR count). The van der Waals surface area contributed by atoms with Gasteiger partial charge in [0.1, 0.15) is 16.6 Å². The van der Waals surface area contributed by atoms with Crippen molar-refractivity contribution < 1.29 is 8.78 Å². The Morgan fingerprint density at radius 2 is 2.22 bits per heavy atom. The zero-order valence-electron chi connectivity index (χ0n) is 9.65. The fourth-order valence-corrected chi connectivity index (χ4v) is 2.54. The Hall–Kier alpha value is -1.80. The van der Waals surface area contributed by atoms with Crippen LogP contribution in [0, 0.1) is 23.0 Å². The van der Waals surface area contributed by atoms with Crippen LogP contribution in [0.4, 0.5) is 8.78 Å². The lowest BCUT2D eigenvalue weighted by Crippen LogP contribution is -1.93. The van der Waals surface area contributed by atoms with Gasteiger partial charge in [-0.2, -0.15) is 5.26 Å². The number of benzene rings is 1. The molecule has 1 aromatic carbocycles. The van der Waals surface area contributed by atoms with Crippen molar-refractivity contribution >= 4 is 11.3 Å². The average molecular weight is 264 g/mol. The first-order valence-electron chi connectivity index (χ1n) is 5.46. The molecule has 0 saturated carbocycles. The molecule has 92 valence electrons. The Bertz CT molecular complexity index is 601. The summed E-state index contributed by atoms with van der Waals surface area (Å²) in [4.78, 5) is 4.25. The van der Waals surface area contributed by atoms with E-state index in [0.717, 1.165) is 6.07 Å². The van der Waals surface area contributed by atoms with Crippen molar-refractivity contribution in [3.63, 3.8) is 0 Å². The highest BCUT2D eigenvalue weighted by atomic mass is 32.1. The molecule has 2 aromatic rings. The molecule has 0 spiro atoms. The fourth-order valence-electron chi connectivity index (χ4n) is 1.59. The predicted octanol–water partition coefficient (Wildman–Crippen LogP) is 4.11. The molecule has 1 heterocycles. The summed E-state index contributed by atoms with van der Waals surface area (Å²) in [6, 6.07) is 5.53. The summed E-state index contributed by atoms with van der Waals surface area (Å²) in [5, 5.41) is 11.3. The highest BCUT2D eigenvalue weighted by Gasteiger charge is 2.15. The van der Waals surface area contributed by atoms with Crippen LogP contribution in [-0.4, -0.2) is 4.98 Å². The molecule has 0 amide bonds. The molecule has 1 unspecified atom stereocenters. The highest BCUT2D eigenvalue weighted by molar-refractivity contribution is 7.10. The number of thiazole rings is 1. The van der Waals surface area contributed by atoms with Crippen molar-refractivity contribution in [2.24, 2.45) is 0 Å². The van der Waals surface area contributed by atoms with Gasteiger partial charge in [-0.3, -0.25) is 0 Å². The predicted molar refractivity (Wildman–Crippen MR) is 66.1 cm³/mol. The van der Waals surface area contributed by atoms with Crippen LogP contribution in [0.3, 0.4) is 0 Å². The summed E-state index contributed by atoms with van der Waals surface area (Å²) in [5.41, 5.74) is 0.702. The van der Waals surface area contributed by atoms with E-state index >= 15 is 0 Å². The summed E-state index contributed by atoms with van der Waals surface area (Å²) in [7, 11) is 0. The normalized spacial score (nSPS) is 12.1. The first-order chi connectivity index (χ1) is 8.65. The van der Waals surface area contributed by atoms with Crippen molar-refractivity contribution in [1.82, 2.24) is 4.98 Å². The van der Waals surface area contributed by atoms with E-state index in [1.807, 2.05) is 6.92 Å². The second kappa shape index (κ2) is 5.23. The van der Waals surface area contributed by atoms with Crippen LogP contribution >= 0.6 is 11.3 Å². The Balaban J connectivity index is 2.38. The van der Waals surface area contributed by atoms with Gasteiger partial charge >= 0.3 is 0 Å². The van der Waals surface area contributed by atoms with Gasteiger partial charge in [-0.15, -0.1) is 11.3 Å². The Morgan fingerprint density at radius 1 is 1.44 bits per heavy atom. The number of hydrogen-bond donors (Lipinski definition) is 0. The third kappa shape index (κ3) is 2.39. The average Bonchev–Trinajstić information content (AvgIpc) is 2.80. The molecule has 1 atom stereocenters. The minimum atomic E-state index is -0.642. The largest absolute Gasteiger partial charge is 0.240 e. The lowest BCUT2D eigenvalue weighted by atomic mass is 10.1. The maximum absolute atomic E-state index is 13.6. The van der Waals surface area contributed by atoms with Crippen LogP contribution < -0.4 is 0 Å². The summed E-state index contributed by atoms with van der Waals surface area (Å²) in [6.07, 6.45) is 0.662. The molecule has 5 heteroatoms. The van der Waals surface area contributed by atoms with Crippen molar-refractivity contribution in [2.75, 3.05) is 0 Å². The van der Waals surface area contributed by atoms with Crippen LogP contribution in [0.5, 0.6) is 0 Å². The van der Waals surface area contributed by atoms with Crippen LogP contribution in [0.15, 0.2) is 23.6 Å². The van der Waals surface area contributed by atoms with E-state index in [1.165, 1.54) is 23.5 Å². The van der Waals surface area contributed by atoms with E-state index in [0.29, 0.717) is 17.1 Å². The smallest absolute Gasteiger partial charge is 0.135 e. The lowest BCUT2D eigenvalue weighted by molar-refractivity contribution is 0.585. The van der Waals surface area contributed by atoms with Gasteiger partial charge in [-0.05, 0) is 18.6 Å². The van der Waals surface area contributed by atoms with E-state index < -0.39 is 11.6 Å². The Labute approximate surface area is 108 Å². The second-order valence-electron chi connectivity index (χ2n) is 3.79. The number of nitriles is 1. The highest BCUT2D eigenvalue weighted by Crippen LogP contribution is 2.29. The molecular formula is C13H10F2N2S. The maximum atomic E-state index is 13.6. The number of hydrogen-bond acceptors (Lipinski definition) is 3. The van der Waals surface area contributed by atoms with E-state index in [1.54, 1.807) is 5.38 Å². The van der Waals surface area contributed by atoms with Crippen LogP contribution in [0.2, 0.25) is 0 Å². The van der Waals surface area contributed by atoms with E-state index in [2.05, 4.69) is 11.1 Å². The third-order valence-corrected chi connectivity index (χ3v) is 3.55. The van der Waals surface area contributed by atoms with Gasteiger partial charge in [0.05, 0.1) is 17.7 Å². The van der Waals surface area contributed by atoms with E-state index in [-0.39, 0.29) is 11.5 Å². The molecule has 0 bridgehead atoms. The van der Waals surface area contributed by atoms with Gasteiger partial charge in [0.2, 0.25) is 0 Å². The van der Waals surface area contributed by atoms with Crippen molar-refractivity contribution in [3.05, 3.63) is 40.2 Å². The summed E-state index contributed by atoms with van der Waals surface area (Å²) < 4.78 is 26.4. The van der Waals surface area contributed by atoms with Gasteiger partial charge in [-0.1, -0.05) is 6.92 Å². The topological polar surface area (TPSA) is 36.7 Å². The van der Waals surface area contributed by atoms with Gasteiger partial charge < -0.3 is 0 Å². The number of rotatable bonds is 3. The molecule has 2 nitrogen and oxygen atoms in total. The monoisotopic (exact) mass is 264 g/mol. The molecular weight excluding hydrogens is 254 g/mol. The van der Waals surface area contributed by atoms with Crippen molar-refractivity contribution in [3.8, 4) is 17.3 Å². The number of aromatic nitrogens is 1. The molecule has 18 heavy (non-hydrogen) atoms. The lowest BCUT2D eigenvalue weighted by Gasteiger charge is -2.01. The first-order valence-corrected chi connectivity index (χ1v) is 6.34. The van der Waals surface area contributed by atoms with Gasteiger partial charge in [0, 0.05) is 17.0 Å². The second-order valence-corrected chi connectivity index (χ2v) is 4.67. The van der Waals surface area contributed by atoms with Gasteiger partial charge in [-0.25, -0.2) is 13.8 Å². The van der Waals surface area contributed by atoms with E-state index in [9.17, 15) is 8.78 Å². The zero-order valence-corrected chi connectivity index (χ0v) is 10.5. The summed E-state index contributed by atoms with van der Waals surface area (Å²) in [5.74, 6) is -1.53. The minimum Gasteiger partial charge on any atom is -0.240 e. The van der Waals surface area contributed by atoms with Crippen LogP contribution in [0.1, 0.15) is 24.3 Å². The fraction of sp³-hybridized carbons (Fsp3) is 0.231. The molecule has 0 saturated heterocycles. The van der Waals surface area contributed by atoms with Crippen molar-refractivity contribution in [2.45, 2.75) is 19.3 Å². The van der Waals surface area contributed by atoms with Gasteiger partial charge in [0.15, 0.2) is 0 Å².